The molecular weight excluding hydrogens is 375 g/mol. The number of carbonyl (C=O) groups is 1. The van der Waals surface area contributed by atoms with E-state index < -0.39 is 22.4 Å². The SMILES string of the molecule is CCC(I)C(=O)OC12CC3(O)CC(O)(CC(O)(C3)C1)C2. The lowest BCUT2D eigenvalue weighted by Gasteiger charge is -2.65. The van der Waals surface area contributed by atoms with Crippen LogP contribution in [0.2, 0.25) is 0 Å². The Labute approximate surface area is 131 Å². The van der Waals surface area contributed by atoms with E-state index in [0.717, 1.165) is 0 Å². The van der Waals surface area contributed by atoms with Crippen molar-refractivity contribution in [2.45, 2.75) is 78.2 Å². The minimum absolute atomic E-state index is 0.237. The second-order valence-corrected chi connectivity index (χ2v) is 8.72. The largest absolute Gasteiger partial charge is 0.458 e. The van der Waals surface area contributed by atoms with Crippen molar-refractivity contribution in [3.63, 3.8) is 0 Å². The standard InChI is InChI=1S/C14H21IO5/c1-2-9(15)10(16)20-14-6-11(17)3-12(18,7-14)5-13(19,4-11)8-14/h9,17-19H,2-8H2,1H3. The fourth-order valence-electron chi connectivity index (χ4n) is 4.94. The van der Waals surface area contributed by atoms with Gasteiger partial charge in [-0.3, -0.25) is 4.79 Å². The summed E-state index contributed by atoms with van der Waals surface area (Å²) in [5.41, 5.74) is -4.27. The molecule has 114 valence electrons. The molecule has 4 saturated carbocycles. The highest BCUT2D eigenvalue weighted by molar-refractivity contribution is 14.1. The van der Waals surface area contributed by atoms with Crippen LogP contribution in [0.1, 0.15) is 51.9 Å². The van der Waals surface area contributed by atoms with Gasteiger partial charge in [-0.1, -0.05) is 29.5 Å². The smallest absolute Gasteiger partial charge is 0.319 e. The summed E-state index contributed by atoms with van der Waals surface area (Å²) in [5, 5.41) is 31.8. The molecule has 0 saturated heterocycles. The van der Waals surface area contributed by atoms with Gasteiger partial charge in [-0.05, 0) is 6.42 Å². The molecule has 4 rings (SSSR count). The zero-order chi connectivity index (χ0) is 14.8. The van der Waals surface area contributed by atoms with Crippen molar-refractivity contribution >= 4 is 28.6 Å². The normalized spacial score (nSPS) is 51.0. The van der Waals surface area contributed by atoms with Crippen molar-refractivity contribution in [3.05, 3.63) is 0 Å². The highest BCUT2D eigenvalue weighted by Crippen LogP contribution is 2.62. The molecule has 4 fully saturated rings. The summed E-state index contributed by atoms with van der Waals surface area (Å²) in [7, 11) is 0. The summed E-state index contributed by atoms with van der Waals surface area (Å²) in [4.78, 5) is 12.1. The molecule has 0 aromatic heterocycles. The third kappa shape index (κ3) is 2.38. The fraction of sp³-hybridized carbons (Fsp3) is 0.929. The molecule has 0 aromatic rings. The Kier molecular flexibility index (Phi) is 3.22. The number of carbonyl (C=O) groups excluding carboxylic acids is 1. The predicted octanol–water partition coefficient (Wildman–Crippen LogP) is 1.06. The molecule has 6 heteroatoms. The Morgan fingerprint density at radius 2 is 1.45 bits per heavy atom. The number of ether oxygens (including phenoxy) is 1. The van der Waals surface area contributed by atoms with Crippen LogP contribution in [0.5, 0.6) is 0 Å². The molecule has 0 aliphatic heterocycles. The van der Waals surface area contributed by atoms with Crippen LogP contribution < -0.4 is 0 Å². The molecule has 4 bridgehead atoms. The van der Waals surface area contributed by atoms with Gasteiger partial charge >= 0.3 is 5.97 Å². The van der Waals surface area contributed by atoms with Crippen molar-refractivity contribution in [2.75, 3.05) is 0 Å². The maximum Gasteiger partial charge on any atom is 0.319 e. The first kappa shape index (κ1) is 15.0. The first-order valence-electron chi connectivity index (χ1n) is 7.15. The molecular formula is C14H21IO5. The average molecular weight is 396 g/mol. The van der Waals surface area contributed by atoms with Crippen molar-refractivity contribution in [1.82, 2.24) is 0 Å². The van der Waals surface area contributed by atoms with Gasteiger partial charge in [-0.15, -0.1) is 0 Å². The van der Waals surface area contributed by atoms with Gasteiger partial charge in [0.25, 0.3) is 0 Å². The summed E-state index contributed by atoms with van der Waals surface area (Å²) in [5.74, 6) is -0.314. The molecule has 0 radical (unpaired) electrons. The summed E-state index contributed by atoms with van der Waals surface area (Å²) in [6.45, 7) is 1.91. The minimum atomic E-state index is -1.12. The quantitative estimate of drug-likeness (QED) is 0.377. The second kappa shape index (κ2) is 4.30. The molecule has 0 heterocycles. The van der Waals surface area contributed by atoms with E-state index in [2.05, 4.69) is 0 Å². The van der Waals surface area contributed by atoms with Gasteiger partial charge in [0, 0.05) is 38.5 Å². The fourth-order valence-corrected chi connectivity index (χ4v) is 5.07. The van der Waals surface area contributed by atoms with Crippen molar-refractivity contribution in [3.8, 4) is 0 Å². The summed E-state index contributed by atoms with van der Waals surface area (Å²) < 4.78 is 5.44. The average Bonchev–Trinajstić information content (AvgIpc) is 2.20. The van der Waals surface area contributed by atoms with E-state index in [4.69, 9.17) is 4.74 Å². The zero-order valence-electron chi connectivity index (χ0n) is 11.6. The maximum atomic E-state index is 12.1. The molecule has 20 heavy (non-hydrogen) atoms. The van der Waals surface area contributed by atoms with E-state index in [9.17, 15) is 20.1 Å². The summed E-state index contributed by atoms with van der Waals surface area (Å²) >= 11 is 2.04. The van der Waals surface area contributed by atoms with Gasteiger partial charge in [-0.2, -0.15) is 0 Å². The van der Waals surface area contributed by atoms with E-state index in [-0.39, 0.29) is 29.2 Å². The number of hydrogen-bond acceptors (Lipinski definition) is 5. The Bertz CT molecular complexity index is 397. The number of alkyl halides is 1. The Morgan fingerprint density at radius 1 is 1.05 bits per heavy atom. The van der Waals surface area contributed by atoms with E-state index in [1.54, 1.807) is 0 Å². The maximum absolute atomic E-state index is 12.1. The van der Waals surface area contributed by atoms with E-state index in [0.29, 0.717) is 25.7 Å². The van der Waals surface area contributed by atoms with E-state index >= 15 is 0 Å². The van der Waals surface area contributed by atoms with Crippen molar-refractivity contribution < 1.29 is 24.9 Å². The topological polar surface area (TPSA) is 87.0 Å². The third-order valence-corrected chi connectivity index (χ3v) is 6.25. The van der Waals surface area contributed by atoms with Crippen LogP contribution in [0.15, 0.2) is 0 Å². The Balaban J connectivity index is 1.88. The number of aliphatic hydroxyl groups is 3. The molecule has 5 nitrogen and oxygen atoms in total. The lowest BCUT2D eigenvalue weighted by Crippen LogP contribution is -2.72. The van der Waals surface area contributed by atoms with Crippen LogP contribution in [-0.4, -0.2) is 47.6 Å². The second-order valence-electron chi connectivity index (χ2n) is 7.21. The molecule has 0 spiro atoms. The van der Waals surface area contributed by atoms with E-state index in [1.807, 2.05) is 29.5 Å². The van der Waals surface area contributed by atoms with Gasteiger partial charge in [-0.25, -0.2) is 0 Å². The van der Waals surface area contributed by atoms with Crippen LogP contribution >= 0.6 is 22.6 Å². The van der Waals surface area contributed by atoms with Crippen molar-refractivity contribution in [2.24, 2.45) is 0 Å². The highest BCUT2D eigenvalue weighted by atomic mass is 127. The monoisotopic (exact) mass is 396 g/mol. The lowest BCUT2D eigenvalue weighted by atomic mass is 9.48. The molecule has 0 amide bonds. The summed E-state index contributed by atoms with van der Waals surface area (Å²) in [6.07, 6.45) is 2.44. The third-order valence-electron chi connectivity index (χ3n) is 4.86. The lowest BCUT2D eigenvalue weighted by molar-refractivity contribution is -0.300. The highest BCUT2D eigenvalue weighted by Gasteiger charge is 2.69. The van der Waals surface area contributed by atoms with Gasteiger partial charge in [0.05, 0.1) is 16.8 Å². The first-order chi connectivity index (χ1) is 9.11. The van der Waals surface area contributed by atoms with Gasteiger partial charge in [0.15, 0.2) is 0 Å². The van der Waals surface area contributed by atoms with Crippen LogP contribution in [0.25, 0.3) is 0 Å². The number of halogens is 1. The summed E-state index contributed by atoms with van der Waals surface area (Å²) in [6, 6.07) is 0. The van der Waals surface area contributed by atoms with Gasteiger partial charge < -0.3 is 20.1 Å². The van der Waals surface area contributed by atoms with Crippen LogP contribution in [0.3, 0.4) is 0 Å². The molecule has 1 unspecified atom stereocenters. The molecule has 1 atom stereocenters. The van der Waals surface area contributed by atoms with Crippen LogP contribution in [0.4, 0.5) is 0 Å². The molecule has 4 aliphatic rings. The van der Waals surface area contributed by atoms with Gasteiger partial charge in [0.2, 0.25) is 0 Å². The zero-order valence-corrected chi connectivity index (χ0v) is 13.7. The van der Waals surface area contributed by atoms with Crippen LogP contribution in [-0.2, 0) is 9.53 Å². The number of hydrogen-bond donors (Lipinski definition) is 3. The first-order valence-corrected chi connectivity index (χ1v) is 8.39. The molecule has 3 N–H and O–H groups in total. The number of esters is 1. The van der Waals surface area contributed by atoms with E-state index in [1.165, 1.54) is 0 Å². The molecule has 0 aromatic carbocycles. The minimum Gasteiger partial charge on any atom is -0.458 e. The van der Waals surface area contributed by atoms with Crippen LogP contribution in [0, 0.1) is 0 Å². The predicted molar refractivity (Wildman–Crippen MR) is 79.5 cm³/mol. The molecule has 4 aliphatic carbocycles. The Hall–Kier alpha value is 0.0800. The Morgan fingerprint density at radius 3 is 1.80 bits per heavy atom. The van der Waals surface area contributed by atoms with Gasteiger partial charge in [0.1, 0.15) is 9.53 Å². The van der Waals surface area contributed by atoms with Crippen molar-refractivity contribution in [1.29, 1.82) is 0 Å². The number of rotatable bonds is 3.